The van der Waals surface area contributed by atoms with Crippen molar-refractivity contribution in [3.63, 3.8) is 0 Å². The molecule has 0 bridgehead atoms. The third-order valence-corrected chi connectivity index (χ3v) is 3.99. The van der Waals surface area contributed by atoms with Crippen LogP contribution in [0.2, 0.25) is 0 Å². The number of thiophene rings is 1. The van der Waals surface area contributed by atoms with Crippen LogP contribution in [0, 0.1) is 6.92 Å². The minimum Gasteiger partial charge on any atom is -0.338 e. The fraction of sp³-hybridized carbons (Fsp3) is 0.167. The number of aryl methyl sites for hydroxylation is 1. The van der Waals surface area contributed by atoms with E-state index in [9.17, 15) is 0 Å². The Labute approximate surface area is 123 Å². The first-order valence-corrected chi connectivity index (χ1v) is 7.72. The SMILES string of the molecule is Cc1noc(CSc2n[nH]c(/C=C/c3cccs3)n2)n1. The predicted octanol–water partition coefficient (Wildman–Crippen LogP) is 3.02. The third kappa shape index (κ3) is 3.34. The molecule has 1 N–H and O–H groups in total. The molecule has 0 saturated heterocycles. The summed E-state index contributed by atoms with van der Waals surface area (Å²) in [7, 11) is 0. The summed E-state index contributed by atoms with van der Waals surface area (Å²) >= 11 is 3.13. The lowest BCUT2D eigenvalue weighted by Crippen LogP contribution is -1.82. The van der Waals surface area contributed by atoms with E-state index in [0.29, 0.717) is 22.6 Å². The van der Waals surface area contributed by atoms with Crippen LogP contribution in [0.1, 0.15) is 22.4 Å². The summed E-state index contributed by atoms with van der Waals surface area (Å²) in [5, 5.41) is 13.4. The van der Waals surface area contributed by atoms with Crippen LogP contribution in [0.5, 0.6) is 0 Å². The van der Waals surface area contributed by atoms with Gasteiger partial charge in [0.05, 0.1) is 5.75 Å². The van der Waals surface area contributed by atoms with Crippen LogP contribution in [0.4, 0.5) is 0 Å². The average molecular weight is 305 g/mol. The van der Waals surface area contributed by atoms with E-state index in [1.54, 1.807) is 18.3 Å². The van der Waals surface area contributed by atoms with E-state index in [1.165, 1.54) is 16.6 Å². The van der Waals surface area contributed by atoms with Gasteiger partial charge in [0, 0.05) is 4.88 Å². The van der Waals surface area contributed by atoms with E-state index in [4.69, 9.17) is 4.52 Å². The van der Waals surface area contributed by atoms with Crippen LogP contribution in [0.15, 0.2) is 27.2 Å². The topological polar surface area (TPSA) is 80.5 Å². The molecule has 20 heavy (non-hydrogen) atoms. The van der Waals surface area contributed by atoms with Crippen LogP contribution >= 0.6 is 23.1 Å². The summed E-state index contributed by atoms with van der Waals surface area (Å²) < 4.78 is 5.03. The number of nitrogens with one attached hydrogen (secondary N) is 1. The second-order valence-corrected chi connectivity index (χ2v) is 5.80. The van der Waals surface area contributed by atoms with Crippen LogP contribution in [0.3, 0.4) is 0 Å². The minimum atomic E-state index is 0.562. The highest BCUT2D eigenvalue weighted by atomic mass is 32.2. The first-order chi connectivity index (χ1) is 9.79. The van der Waals surface area contributed by atoms with Gasteiger partial charge in [0.25, 0.3) is 0 Å². The average Bonchev–Trinajstić information content (AvgIpc) is 3.16. The van der Waals surface area contributed by atoms with Crippen molar-refractivity contribution in [3.8, 4) is 0 Å². The number of thioether (sulfide) groups is 1. The Hall–Kier alpha value is -1.93. The number of H-pyrrole nitrogens is 1. The summed E-state index contributed by atoms with van der Waals surface area (Å²) in [5.74, 6) is 2.50. The summed E-state index contributed by atoms with van der Waals surface area (Å²) in [6, 6.07) is 4.06. The lowest BCUT2D eigenvalue weighted by molar-refractivity contribution is 0.387. The Balaban J connectivity index is 1.59. The molecule has 6 nitrogen and oxygen atoms in total. The van der Waals surface area contributed by atoms with Crippen LogP contribution in [0.25, 0.3) is 12.2 Å². The van der Waals surface area contributed by atoms with Crippen LogP contribution in [-0.4, -0.2) is 25.3 Å². The molecule has 0 spiro atoms. The van der Waals surface area contributed by atoms with Crippen LogP contribution < -0.4 is 0 Å². The van der Waals surface area contributed by atoms with Gasteiger partial charge < -0.3 is 4.52 Å². The van der Waals surface area contributed by atoms with Crippen molar-refractivity contribution >= 4 is 35.3 Å². The fourth-order valence-electron chi connectivity index (χ4n) is 1.47. The second-order valence-electron chi connectivity index (χ2n) is 3.88. The molecule has 3 aromatic rings. The lowest BCUT2D eigenvalue weighted by Gasteiger charge is -1.88. The molecule has 0 aliphatic carbocycles. The zero-order chi connectivity index (χ0) is 13.8. The van der Waals surface area contributed by atoms with E-state index in [0.717, 1.165) is 5.82 Å². The van der Waals surface area contributed by atoms with Crippen molar-refractivity contribution in [2.24, 2.45) is 0 Å². The van der Waals surface area contributed by atoms with E-state index in [2.05, 4.69) is 25.3 Å². The summed E-state index contributed by atoms with van der Waals surface area (Å²) in [5.41, 5.74) is 0. The van der Waals surface area contributed by atoms with Gasteiger partial charge in [0.15, 0.2) is 5.82 Å². The van der Waals surface area contributed by atoms with Crippen molar-refractivity contribution in [3.05, 3.63) is 39.9 Å². The molecule has 0 aliphatic heterocycles. The molecule has 3 heterocycles. The van der Waals surface area contributed by atoms with Gasteiger partial charge in [-0.15, -0.1) is 16.4 Å². The molecular formula is C12H11N5OS2. The first-order valence-electron chi connectivity index (χ1n) is 5.85. The maximum atomic E-state index is 5.03. The van der Waals surface area contributed by atoms with Crippen molar-refractivity contribution in [1.82, 2.24) is 25.3 Å². The van der Waals surface area contributed by atoms with Gasteiger partial charge in [-0.3, -0.25) is 5.10 Å². The highest BCUT2D eigenvalue weighted by molar-refractivity contribution is 7.98. The Kier molecular flexibility index (Phi) is 3.93. The minimum absolute atomic E-state index is 0.562. The molecule has 3 aromatic heterocycles. The zero-order valence-electron chi connectivity index (χ0n) is 10.6. The normalized spacial score (nSPS) is 11.4. The molecule has 0 atom stereocenters. The van der Waals surface area contributed by atoms with Crippen molar-refractivity contribution in [2.45, 2.75) is 17.8 Å². The number of aromatic nitrogens is 5. The molecule has 0 unspecified atom stereocenters. The van der Waals surface area contributed by atoms with E-state index in [1.807, 2.05) is 29.7 Å². The molecular weight excluding hydrogens is 294 g/mol. The second kappa shape index (κ2) is 6.02. The van der Waals surface area contributed by atoms with E-state index >= 15 is 0 Å². The fourth-order valence-corrected chi connectivity index (χ4v) is 2.73. The molecule has 102 valence electrons. The van der Waals surface area contributed by atoms with Crippen LogP contribution in [-0.2, 0) is 5.75 Å². The van der Waals surface area contributed by atoms with Gasteiger partial charge in [0.2, 0.25) is 11.0 Å². The molecule has 0 aliphatic rings. The summed E-state index contributed by atoms with van der Waals surface area (Å²) in [6.45, 7) is 1.79. The molecule has 3 rings (SSSR count). The van der Waals surface area contributed by atoms with Crippen molar-refractivity contribution in [1.29, 1.82) is 0 Å². The van der Waals surface area contributed by atoms with E-state index < -0.39 is 0 Å². The van der Waals surface area contributed by atoms with Crippen molar-refractivity contribution < 1.29 is 4.52 Å². The smallest absolute Gasteiger partial charge is 0.237 e. The maximum Gasteiger partial charge on any atom is 0.237 e. The van der Waals surface area contributed by atoms with Gasteiger partial charge in [-0.2, -0.15) is 4.98 Å². The highest BCUT2D eigenvalue weighted by Crippen LogP contribution is 2.18. The van der Waals surface area contributed by atoms with Gasteiger partial charge >= 0.3 is 0 Å². The van der Waals surface area contributed by atoms with Gasteiger partial charge in [-0.1, -0.05) is 23.0 Å². The standard InChI is InChI=1S/C12H11N5OS2/c1-8-13-11(18-17-8)7-20-12-14-10(15-16-12)5-4-9-3-2-6-19-9/h2-6H,7H2,1H3,(H,14,15,16)/b5-4+. The van der Waals surface area contributed by atoms with Gasteiger partial charge in [-0.25, -0.2) is 4.98 Å². The maximum absolute atomic E-state index is 5.03. The van der Waals surface area contributed by atoms with Crippen molar-refractivity contribution in [2.75, 3.05) is 0 Å². The molecule has 8 heteroatoms. The Bertz CT molecular complexity index is 701. The zero-order valence-corrected chi connectivity index (χ0v) is 12.2. The number of rotatable bonds is 5. The lowest BCUT2D eigenvalue weighted by atomic mass is 10.4. The summed E-state index contributed by atoms with van der Waals surface area (Å²) in [6.07, 6.45) is 3.90. The molecule has 0 aromatic carbocycles. The van der Waals surface area contributed by atoms with Gasteiger partial charge in [0.1, 0.15) is 5.82 Å². The third-order valence-electron chi connectivity index (χ3n) is 2.33. The molecule has 0 saturated carbocycles. The highest BCUT2D eigenvalue weighted by Gasteiger charge is 2.07. The number of aromatic amines is 1. The summed E-state index contributed by atoms with van der Waals surface area (Å²) in [4.78, 5) is 9.66. The molecule has 0 amide bonds. The number of hydrogen-bond acceptors (Lipinski definition) is 7. The quantitative estimate of drug-likeness (QED) is 0.730. The Morgan fingerprint density at radius 1 is 1.40 bits per heavy atom. The molecule has 0 radical (unpaired) electrons. The molecule has 0 fully saturated rings. The first kappa shape index (κ1) is 13.1. The predicted molar refractivity (Wildman–Crippen MR) is 78.2 cm³/mol. The number of nitrogens with zero attached hydrogens (tertiary/aromatic N) is 4. The van der Waals surface area contributed by atoms with Gasteiger partial charge in [-0.05, 0) is 30.5 Å². The Morgan fingerprint density at radius 2 is 2.35 bits per heavy atom. The van der Waals surface area contributed by atoms with E-state index in [-0.39, 0.29) is 0 Å². The Morgan fingerprint density at radius 3 is 3.10 bits per heavy atom. The monoisotopic (exact) mass is 305 g/mol. The largest absolute Gasteiger partial charge is 0.338 e. The number of hydrogen-bond donors (Lipinski definition) is 1.